The Morgan fingerprint density at radius 1 is 1.29 bits per heavy atom. The molecule has 31 heavy (non-hydrogen) atoms. The van der Waals surface area contributed by atoms with Gasteiger partial charge in [0.25, 0.3) is 0 Å². The number of rotatable bonds is 8. The van der Waals surface area contributed by atoms with Gasteiger partial charge in [0.15, 0.2) is 11.5 Å². The van der Waals surface area contributed by atoms with Gasteiger partial charge in [0.1, 0.15) is 11.9 Å². The second-order valence-corrected chi connectivity index (χ2v) is 7.29. The van der Waals surface area contributed by atoms with Gasteiger partial charge in [0, 0.05) is 24.6 Å². The number of hydrogen-bond donors (Lipinski definition) is 1. The van der Waals surface area contributed by atoms with Gasteiger partial charge in [-0.25, -0.2) is 4.98 Å². The Hall–Kier alpha value is -3.23. The van der Waals surface area contributed by atoms with E-state index in [1.165, 1.54) is 11.0 Å². The molecule has 0 spiro atoms. The molecule has 0 bridgehead atoms. The molecular weight excluding hydrogens is 408 g/mol. The lowest BCUT2D eigenvalue weighted by Crippen LogP contribution is -2.43. The fourth-order valence-electron chi connectivity index (χ4n) is 3.55. The molecule has 0 radical (unpaired) electrons. The summed E-state index contributed by atoms with van der Waals surface area (Å²) < 4.78 is 35.2. The molecule has 1 fully saturated rings. The van der Waals surface area contributed by atoms with E-state index in [1.807, 2.05) is 13.0 Å². The SMILES string of the molecule is CCOc1cc([C@@H]2CC(=O)N([C@@H](C)C(=O)Nc3cccc(C)n3)C2)ccc1OC(F)F. The maximum Gasteiger partial charge on any atom is 0.387 e. The number of carbonyl (C=O) groups is 2. The first-order valence-corrected chi connectivity index (χ1v) is 10.0. The number of alkyl halides is 2. The van der Waals surface area contributed by atoms with Gasteiger partial charge in [-0.15, -0.1) is 0 Å². The summed E-state index contributed by atoms with van der Waals surface area (Å²) in [6.45, 7) is 2.87. The van der Waals surface area contributed by atoms with E-state index < -0.39 is 12.7 Å². The Kier molecular flexibility index (Phi) is 7.04. The molecule has 2 amide bonds. The summed E-state index contributed by atoms with van der Waals surface area (Å²) in [5.74, 6) is -0.114. The molecule has 1 saturated heterocycles. The molecule has 0 saturated carbocycles. The number of carbonyl (C=O) groups excluding carboxylic acids is 2. The molecule has 7 nitrogen and oxygen atoms in total. The zero-order chi connectivity index (χ0) is 22.5. The number of hydrogen-bond acceptors (Lipinski definition) is 5. The quantitative estimate of drug-likeness (QED) is 0.686. The topological polar surface area (TPSA) is 80.8 Å². The van der Waals surface area contributed by atoms with Crippen LogP contribution in [0.25, 0.3) is 0 Å². The molecule has 9 heteroatoms. The molecule has 166 valence electrons. The monoisotopic (exact) mass is 433 g/mol. The van der Waals surface area contributed by atoms with Gasteiger partial charge in [-0.1, -0.05) is 12.1 Å². The standard InChI is InChI=1S/C22H25F2N3O4/c1-4-30-18-10-15(8-9-17(18)31-22(23)24)16-11-20(28)27(12-16)14(3)21(29)26-19-7-5-6-13(2)25-19/h5-10,14,16,22H,4,11-12H2,1-3H3,(H,25,26,29)/t14-,16+/m0/s1. The lowest BCUT2D eigenvalue weighted by atomic mass is 9.98. The van der Waals surface area contributed by atoms with Crippen LogP contribution in [0.4, 0.5) is 14.6 Å². The number of nitrogens with one attached hydrogen (secondary N) is 1. The number of likely N-dealkylation sites (tertiary alicyclic amines) is 1. The fourth-order valence-corrected chi connectivity index (χ4v) is 3.55. The molecule has 1 N–H and O–H groups in total. The first-order chi connectivity index (χ1) is 14.8. The summed E-state index contributed by atoms with van der Waals surface area (Å²) in [4.78, 5) is 31.0. The van der Waals surface area contributed by atoms with Crippen molar-refractivity contribution in [3.05, 3.63) is 47.7 Å². The summed E-state index contributed by atoms with van der Waals surface area (Å²) in [5.41, 5.74) is 1.53. The highest BCUT2D eigenvalue weighted by atomic mass is 19.3. The average molecular weight is 433 g/mol. The van der Waals surface area contributed by atoms with Crippen molar-refractivity contribution >= 4 is 17.6 Å². The summed E-state index contributed by atoms with van der Waals surface area (Å²) in [6, 6.07) is 9.28. The number of aromatic nitrogens is 1. The van der Waals surface area contributed by atoms with Crippen LogP contribution in [0.2, 0.25) is 0 Å². The fraction of sp³-hybridized carbons (Fsp3) is 0.409. The third kappa shape index (κ3) is 5.48. The van der Waals surface area contributed by atoms with E-state index in [1.54, 1.807) is 38.1 Å². The zero-order valence-corrected chi connectivity index (χ0v) is 17.6. The number of ether oxygens (including phenoxy) is 2. The number of anilines is 1. The average Bonchev–Trinajstić information content (AvgIpc) is 3.10. The molecule has 1 aliphatic heterocycles. The Morgan fingerprint density at radius 3 is 2.74 bits per heavy atom. The molecule has 2 heterocycles. The molecule has 2 aromatic rings. The van der Waals surface area contributed by atoms with Gasteiger partial charge in [0.05, 0.1) is 6.61 Å². The van der Waals surface area contributed by atoms with E-state index in [-0.39, 0.29) is 42.3 Å². The molecule has 1 aromatic heterocycles. The number of halogens is 2. The second kappa shape index (κ2) is 9.72. The Labute approximate surface area is 179 Å². The van der Waals surface area contributed by atoms with E-state index in [9.17, 15) is 18.4 Å². The van der Waals surface area contributed by atoms with Gasteiger partial charge in [-0.05, 0) is 50.6 Å². The zero-order valence-electron chi connectivity index (χ0n) is 17.6. The van der Waals surface area contributed by atoms with Gasteiger partial charge in [0.2, 0.25) is 11.8 Å². The van der Waals surface area contributed by atoms with Gasteiger partial charge in [-0.2, -0.15) is 8.78 Å². The third-order valence-electron chi connectivity index (χ3n) is 5.10. The molecule has 1 aromatic carbocycles. The third-order valence-corrected chi connectivity index (χ3v) is 5.10. The van der Waals surface area contributed by atoms with Crippen molar-refractivity contribution in [1.82, 2.24) is 9.88 Å². The van der Waals surface area contributed by atoms with E-state index in [0.717, 1.165) is 11.3 Å². The van der Waals surface area contributed by atoms with Gasteiger partial charge in [-0.3, -0.25) is 9.59 Å². The lowest BCUT2D eigenvalue weighted by Gasteiger charge is -2.24. The number of aryl methyl sites for hydroxylation is 1. The van der Waals surface area contributed by atoms with Crippen LogP contribution in [0.1, 0.15) is 37.4 Å². The van der Waals surface area contributed by atoms with E-state index in [0.29, 0.717) is 12.4 Å². The summed E-state index contributed by atoms with van der Waals surface area (Å²) in [7, 11) is 0. The van der Waals surface area contributed by atoms with Crippen LogP contribution in [0.3, 0.4) is 0 Å². The van der Waals surface area contributed by atoms with Crippen LogP contribution >= 0.6 is 0 Å². The highest BCUT2D eigenvalue weighted by Crippen LogP contribution is 2.36. The lowest BCUT2D eigenvalue weighted by molar-refractivity contribution is -0.134. The predicted molar refractivity (Wildman–Crippen MR) is 110 cm³/mol. The van der Waals surface area contributed by atoms with Crippen molar-refractivity contribution in [2.24, 2.45) is 0 Å². The van der Waals surface area contributed by atoms with Gasteiger partial charge < -0.3 is 19.7 Å². The number of pyridine rings is 1. The summed E-state index contributed by atoms with van der Waals surface area (Å²) >= 11 is 0. The Balaban J connectivity index is 1.71. The number of nitrogens with zero attached hydrogens (tertiary/aromatic N) is 2. The molecule has 3 rings (SSSR count). The minimum atomic E-state index is -2.96. The molecule has 2 atom stereocenters. The number of amides is 2. The highest BCUT2D eigenvalue weighted by Gasteiger charge is 2.36. The van der Waals surface area contributed by atoms with E-state index >= 15 is 0 Å². The Bertz CT molecular complexity index is 954. The van der Waals surface area contributed by atoms with Crippen molar-refractivity contribution in [2.45, 2.75) is 45.8 Å². The first kappa shape index (κ1) is 22.5. The number of benzene rings is 1. The summed E-state index contributed by atoms with van der Waals surface area (Å²) in [6.07, 6.45) is 0.209. The first-order valence-electron chi connectivity index (χ1n) is 10.0. The van der Waals surface area contributed by atoms with Crippen molar-refractivity contribution in [3.8, 4) is 11.5 Å². The Morgan fingerprint density at radius 2 is 2.06 bits per heavy atom. The van der Waals surface area contributed by atoms with E-state index in [2.05, 4.69) is 15.0 Å². The minimum absolute atomic E-state index is 0.0554. The van der Waals surface area contributed by atoms with Crippen LogP contribution < -0.4 is 14.8 Å². The van der Waals surface area contributed by atoms with Gasteiger partial charge >= 0.3 is 6.61 Å². The second-order valence-electron chi connectivity index (χ2n) is 7.29. The minimum Gasteiger partial charge on any atom is -0.490 e. The molecular formula is C22H25F2N3O4. The molecule has 0 aliphatic carbocycles. The normalized spacial score (nSPS) is 17.0. The van der Waals surface area contributed by atoms with Crippen LogP contribution in [0, 0.1) is 6.92 Å². The van der Waals surface area contributed by atoms with Crippen LogP contribution in [-0.2, 0) is 9.59 Å². The van der Waals surface area contributed by atoms with Crippen LogP contribution in [-0.4, -0.2) is 47.5 Å². The molecule has 1 aliphatic rings. The smallest absolute Gasteiger partial charge is 0.387 e. The van der Waals surface area contributed by atoms with Crippen molar-refractivity contribution in [1.29, 1.82) is 0 Å². The maximum atomic E-state index is 12.6. The largest absolute Gasteiger partial charge is 0.490 e. The maximum absolute atomic E-state index is 12.6. The van der Waals surface area contributed by atoms with Crippen molar-refractivity contribution in [2.75, 3.05) is 18.5 Å². The predicted octanol–water partition coefficient (Wildman–Crippen LogP) is 3.73. The van der Waals surface area contributed by atoms with Crippen LogP contribution in [0.5, 0.6) is 11.5 Å². The van der Waals surface area contributed by atoms with Crippen molar-refractivity contribution in [3.63, 3.8) is 0 Å². The summed E-state index contributed by atoms with van der Waals surface area (Å²) in [5, 5.41) is 2.73. The molecule has 0 unspecified atom stereocenters. The van der Waals surface area contributed by atoms with Crippen LogP contribution in [0.15, 0.2) is 36.4 Å². The highest BCUT2D eigenvalue weighted by molar-refractivity contribution is 5.96. The van der Waals surface area contributed by atoms with E-state index in [4.69, 9.17) is 4.74 Å². The van der Waals surface area contributed by atoms with Crippen molar-refractivity contribution < 1.29 is 27.8 Å².